The van der Waals surface area contributed by atoms with Crippen LogP contribution in [-0.4, -0.2) is 20.5 Å². The molecule has 0 fully saturated rings. The van der Waals surface area contributed by atoms with Crippen molar-refractivity contribution < 1.29 is 0 Å². The van der Waals surface area contributed by atoms with Gasteiger partial charge in [0.05, 0.1) is 5.25 Å². The van der Waals surface area contributed by atoms with E-state index in [4.69, 9.17) is 11.6 Å². The molecule has 2 unspecified atom stereocenters. The Balaban J connectivity index is 2.00. The van der Waals surface area contributed by atoms with E-state index >= 15 is 0 Å². The van der Waals surface area contributed by atoms with Crippen molar-refractivity contribution in [3.63, 3.8) is 0 Å². The second-order valence-electron chi connectivity index (χ2n) is 2.99. The highest BCUT2D eigenvalue weighted by molar-refractivity contribution is 9.09. The van der Waals surface area contributed by atoms with E-state index in [1.165, 1.54) is 4.90 Å². The Labute approximate surface area is 111 Å². The minimum Gasteiger partial charge on any atom is -0.251 e. The van der Waals surface area contributed by atoms with E-state index < -0.39 is 0 Å². The van der Waals surface area contributed by atoms with Gasteiger partial charge in [0.15, 0.2) is 0 Å². The molecule has 1 aromatic carbocycles. The lowest BCUT2D eigenvalue weighted by Gasteiger charge is -2.05. The lowest BCUT2D eigenvalue weighted by atomic mass is 10.4. The summed E-state index contributed by atoms with van der Waals surface area (Å²) in [4.78, 5) is 5.62. The van der Waals surface area contributed by atoms with Crippen molar-refractivity contribution >= 4 is 55.4 Å². The van der Waals surface area contributed by atoms with Crippen molar-refractivity contribution in [2.75, 3.05) is 5.33 Å². The van der Waals surface area contributed by atoms with Crippen LogP contribution in [0.3, 0.4) is 0 Å². The molecule has 2 atom stereocenters. The van der Waals surface area contributed by atoms with Gasteiger partial charge >= 0.3 is 0 Å². The van der Waals surface area contributed by atoms with Gasteiger partial charge in [-0.25, -0.2) is 0 Å². The Kier molecular flexibility index (Phi) is 4.43. The fraction of sp³-hybridized carbons (Fsp3) is 0.300. The van der Waals surface area contributed by atoms with Gasteiger partial charge in [0.2, 0.25) is 0 Å². The van der Waals surface area contributed by atoms with Crippen molar-refractivity contribution in [2.24, 2.45) is 4.99 Å². The molecule has 80 valence electrons. The van der Waals surface area contributed by atoms with Crippen molar-refractivity contribution in [1.82, 2.24) is 0 Å². The van der Waals surface area contributed by atoms with E-state index in [0.29, 0.717) is 5.25 Å². The molecule has 1 aromatic rings. The van der Waals surface area contributed by atoms with Crippen LogP contribution in [0.2, 0.25) is 0 Å². The van der Waals surface area contributed by atoms with Crippen molar-refractivity contribution in [1.29, 1.82) is 0 Å². The predicted molar refractivity (Wildman–Crippen MR) is 74.5 cm³/mol. The first-order valence-electron chi connectivity index (χ1n) is 4.47. The molecule has 0 amide bonds. The van der Waals surface area contributed by atoms with E-state index in [2.05, 4.69) is 33.1 Å². The van der Waals surface area contributed by atoms with Crippen LogP contribution in [0.15, 0.2) is 40.2 Å². The minimum atomic E-state index is -0.0967. The Morgan fingerprint density at radius 1 is 1.40 bits per heavy atom. The number of benzene rings is 1. The van der Waals surface area contributed by atoms with E-state index in [9.17, 15) is 0 Å². The van der Waals surface area contributed by atoms with Crippen LogP contribution >= 0.6 is 51.1 Å². The Morgan fingerprint density at radius 2 is 2.13 bits per heavy atom. The fourth-order valence-corrected chi connectivity index (χ4v) is 4.75. The summed E-state index contributed by atoms with van der Waals surface area (Å²) in [5, 5.41) is 1.24. The topological polar surface area (TPSA) is 12.4 Å². The van der Waals surface area contributed by atoms with Gasteiger partial charge in [-0.05, 0) is 12.1 Å². The zero-order valence-corrected chi connectivity index (χ0v) is 11.7. The molecule has 0 aromatic heterocycles. The van der Waals surface area contributed by atoms with Gasteiger partial charge in [0, 0.05) is 10.2 Å². The maximum atomic E-state index is 6.09. The van der Waals surface area contributed by atoms with Crippen molar-refractivity contribution in [3.8, 4) is 0 Å². The average molecular weight is 323 g/mol. The molecule has 0 saturated heterocycles. The van der Waals surface area contributed by atoms with Crippen molar-refractivity contribution in [3.05, 3.63) is 30.3 Å². The summed E-state index contributed by atoms with van der Waals surface area (Å²) in [6.45, 7) is 0. The summed E-state index contributed by atoms with van der Waals surface area (Å²) < 4.78 is 1.06. The minimum absolute atomic E-state index is 0.0967. The highest BCUT2D eigenvalue weighted by atomic mass is 79.9. The third-order valence-corrected chi connectivity index (χ3v) is 5.93. The maximum absolute atomic E-state index is 6.09. The van der Waals surface area contributed by atoms with E-state index in [1.807, 2.05) is 18.2 Å². The molecular weight excluding hydrogens is 314 g/mol. The standard InChI is InChI=1S/C10H9BrClNS2/c11-6-8-9(12)13-10(15-8)14-7-4-2-1-3-5-7/h1-5,8-9H,6H2. The van der Waals surface area contributed by atoms with Crippen molar-refractivity contribution in [2.45, 2.75) is 15.6 Å². The number of nitrogens with zero attached hydrogens (tertiary/aromatic N) is 1. The zero-order valence-electron chi connectivity index (χ0n) is 7.77. The SMILES string of the molecule is ClC1N=C(Sc2ccccc2)SC1CBr. The first-order valence-corrected chi connectivity index (χ1v) is 7.72. The lowest BCUT2D eigenvalue weighted by molar-refractivity contribution is 0.915. The van der Waals surface area contributed by atoms with Gasteiger partial charge in [-0.15, -0.1) is 0 Å². The van der Waals surface area contributed by atoms with Crippen LogP contribution in [0.25, 0.3) is 0 Å². The molecule has 5 heteroatoms. The Morgan fingerprint density at radius 3 is 2.73 bits per heavy atom. The molecule has 0 bridgehead atoms. The monoisotopic (exact) mass is 321 g/mol. The number of halogens is 2. The van der Waals surface area contributed by atoms with Crippen LogP contribution in [-0.2, 0) is 0 Å². The van der Waals surface area contributed by atoms with Crippen LogP contribution in [0.1, 0.15) is 0 Å². The Bertz CT molecular complexity index is 358. The fourth-order valence-electron chi connectivity index (χ4n) is 1.14. The molecule has 0 N–H and O–H groups in total. The molecule has 0 saturated carbocycles. The van der Waals surface area contributed by atoms with E-state index in [0.717, 1.165) is 9.71 Å². The average Bonchev–Trinajstić information content (AvgIpc) is 2.60. The summed E-state index contributed by atoms with van der Waals surface area (Å²) in [6, 6.07) is 10.2. The van der Waals surface area contributed by atoms with Crippen LogP contribution < -0.4 is 0 Å². The smallest absolute Gasteiger partial charge is 0.138 e. The first-order chi connectivity index (χ1) is 7.29. The maximum Gasteiger partial charge on any atom is 0.138 e. The molecule has 0 radical (unpaired) electrons. The normalized spacial score (nSPS) is 25.3. The summed E-state index contributed by atoms with van der Waals surface area (Å²) in [5.74, 6) is 0. The van der Waals surface area contributed by atoms with E-state index in [1.54, 1.807) is 23.5 Å². The molecular formula is C10H9BrClNS2. The van der Waals surface area contributed by atoms with Crippen LogP contribution in [0.4, 0.5) is 0 Å². The third kappa shape index (κ3) is 3.16. The van der Waals surface area contributed by atoms with Gasteiger partial charge < -0.3 is 0 Å². The largest absolute Gasteiger partial charge is 0.251 e. The summed E-state index contributed by atoms with van der Waals surface area (Å²) in [6.07, 6.45) is 0. The molecule has 2 rings (SSSR count). The molecule has 15 heavy (non-hydrogen) atoms. The molecule has 0 aliphatic carbocycles. The van der Waals surface area contributed by atoms with E-state index in [-0.39, 0.29) is 5.50 Å². The molecule has 1 aliphatic rings. The molecule has 1 aliphatic heterocycles. The lowest BCUT2D eigenvalue weighted by Crippen LogP contribution is -2.11. The quantitative estimate of drug-likeness (QED) is 0.597. The summed E-state index contributed by atoms with van der Waals surface area (Å²) >= 11 is 13.0. The van der Waals surface area contributed by atoms with Gasteiger partial charge in [-0.1, -0.05) is 69.3 Å². The van der Waals surface area contributed by atoms with Gasteiger partial charge in [0.1, 0.15) is 9.88 Å². The van der Waals surface area contributed by atoms with Gasteiger partial charge in [-0.2, -0.15) is 0 Å². The highest BCUT2D eigenvalue weighted by Gasteiger charge is 2.27. The van der Waals surface area contributed by atoms with Gasteiger partial charge in [0.25, 0.3) is 0 Å². The third-order valence-electron chi connectivity index (χ3n) is 1.89. The summed E-state index contributed by atoms with van der Waals surface area (Å²) in [5.41, 5.74) is -0.0967. The number of thioether (sulfide) groups is 2. The number of aliphatic imine (C=N–C) groups is 1. The van der Waals surface area contributed by atoms with Crippen LogP contribution in [0.5, 0.6) is 0 Å². The summed E-state index contributed by atoms with van der Waals surface area (Å²) in [7, 11) is 0. The second-order valence-corrected chi connectivity index (χ2v) is 6.64. The zero-order chi connectivity index (χ0) is 10.7. The number of hydrogen-bond donors (Lipinski definition) is 0. The van der Waals surface area contributed by atoms with Crippen LogP contribution in [0, 0.1) is 0 Å². The number of alkyl halides is 2. The molecule has 1 nitrogen and oxygen atoms in total. The second kappa shape index (κ2) is 5.62. The number of hydrogen-bond acceptors (Lipinski definition) is 3. The Hall–Kier alpha value is 0.360. The predicted octanol–water partition coefficient (Wildman–Crippen LogP) is 4.21. The molecule has 1 heterocycles. The number of rotatable bonds is 2. The molecule has 0 spiro atoms. The van der Waals surface area contributed by atoms with Gasteiger partial charge in [-0.3, -0.25) is 4.99 Å². The first kappa shape index (κ1) is 11.8. The highest BCUT2D eigenvalue weighted by Crippen LogP contribution is 2.37.